The summed E-state index contributed by atoms with van der Waals surface area (Å²) in [6, 6.07) is 2.43. The maximum atomic E-state index is 12.8. The first-order valence-corrected chi connectivity index (χ1v) is 10.2. The lowest BCUT2D eigenvalue weighted by Gasteiger charge is -2.47. The summed E-state index contributed by atoms with van der Waals surface area (Å²) in [5.41, 5.74) is 0.984. The van der Waals surface area contributed by atoms with E-state index in [2.05, 4.69) is 11.8 Å². The lowest BCUT2D eigenvalue weighted by Crippen LogP contribution is -2.50. The first-order chi connectivity index (χ1) is 12.0. The first kappa shape index (κ1) is 19.2. The molecule has 3 rings (SSSR count). The Morgan fingerprint density at radius 1 is 1.48 bits per heavy atom. The minimum Gasteiger partial charge on any atom is -0.382 e. The van der Waals surface area contributed by atoms with Crippen LogP contribution < -0.4 is 0 Å². The highest BCUT2D eigenvalue weighted by Gasteiger charge is 2.44. The van der Waals surface area contributed by atoms with Crippen molar-refractivity contribution in [1.82, 2.24) is 4.90 Å². The molecule has 3 nitrogen and oxygen atoms in total. The maximum Gasteiger partial charge on any atom is 0.243 e. The van der Waals surface area contributed by atoms with Crippen molar-refractivity contribution < 1.29 is 18.3 Å². The van der Waals surface area contributed by atoms with E-state index in [0.717, 1.165) is 56.9 Å². The van der Waals surface area contributed by atoms with Gasteiger partial charge in [-0.2, -0.15) is 0 Å². The van der Waals surface area contributed by atoms with E-state index in [0.29, 0.717) is 12.6 Å². The number of likely N-dealkylation sites (tertiary alicyclic amines) is 1. The minimum atomic E-state index is -2.27. The van der Waals surface area contributed by atoms with Gasteiger partial charge in [0.2, 0.25) is 6.43 Å². The lowest BCUT2D eigenvalue weighted by molar-refractivity contribution is -0.109. The third-order valence-electron chi connectivity index (χ3n) is 5.37. The van der Waals surface area contributed by atoms with Crippen LogP contribution in [0.25, 0.3) is 0 Å². The highest BCUT2D eigenvalue weighted by atomic mass is 32.1. The van der Waals surface area contributed by atoms with Gasteiger partial charge in [-0.1, -0.05) is 0 Å². The van der Waals surface area contributed by atoms with Crippen LogP contribution in [0.1, 0.15) is 48.4 Å². The Kier molecular flexibility index (Phi) is 6.47. The molecule has 2 aliphatic rings. The van der Waals surface area contributed by atoms with Crippen LogP contribution in [0.5, 0.6) is 0 Å². The predicted molar refractivity (Wildman–Crippen MR) is 96.7 cm³/mol. The van der Waals surface area contributed by atoms with Gasteiger partial charge >= 0.3 is 0 Å². The number of hydrogen-bond acceptors (Lipinski definition) is 4. The molecule has 0 unspecified atom stereocenters. The van der Waals surface area contributed by atoms with E-state index in [4.69, 9.17) is 9.47 Å². The van der Waals surface area contributed by atoms with Crippen LogP contribution in [0, 0.1) is 0 Å². The van der Waals surface area contributed by atoms with E-state index >= 15 is 0 Å². The molecule has 0 radical (unpaired) electrons. The molecule has 1 aromatic heterocycles. The molecule has 25 heavy (non-hydrogen) atoms. The van der Waals surface area contributed by atoms with Crippen LogP contribution >= 0.6 is 11.3 Å². The van der Waals surface area contributed by atoms with Crippen molar-refractivity contribution in [2.24, 2.45) is 0 Å². The average Bonchev–Trinajstić information content (AvgIpc) is 2.97. The zero-order chi connectivity index (χ0) is 17.9. The summed E-state index contributed by atoms with van der Waals surface area (Å²) < 4.78 is 37.3. The smallest absolute Gasteiger partial charge is 0.243 e. The quantitative estimate of drug-likeness (QED) is 0.668. The number of ether oxygens (including phenoxy) is 2. The molecule has 0 aromatic carbocycles. The Labute approximate surface area is 153 Å². The molecule has 0 N–H and O–H groups in total. The maximum absolute atomic E-state index is 12.8. The molecule has 0 saturated carbocycles. The second-order valence-corrected chi connectivity index (χ2v) is 8.28. The van der Waals surface area contributed by atoms with Gasteiger partial charge in [0.1, 0.15) is 5.60 Å². The molecule has 1 saturated heterocycles. The fourth-order valence-electron chi connectivity index (χ4n) is 4.17. The van der Waals surface area contributed by atoms with E-state index in [1.165, 1.54) is 10.4 Å². The molecule has 0 bridgehead atoms. The number of piperidine rings is 1. The number of halogens is 2. The molecule has 2 atom stereocenters. The molecule has 1 aromatic rings. The van der Waals surface area contributed by atoms with Gasteiger partial charge in [0, 0.05) is 48.5 Å². The van der Waals surface area contributed by atoms with E-state index in [1.54, 1.807) is 11.3 Å². The molecule has 1 fully saturated rings. The van der Waals surface area contributed by atoms with Gasteiger partial charge in [-0.05, 0) is 51.2 Å². The van der Waals surface area contributed by atoms with Crippen molar-refractivity contribution in [3.05, 3.63) is 21.4 Å². The zero-order valence-electron chi connectivity index (χ0n) is 15.2. The summed E-state index contributed by atoms with van der Waals surface area (Å²) in [5, 5.41) is 0. The molecule has 1 spiro atoms. The van der Waals surface area contributed by atoms with Gasteiger partial charge in [-0.15, -0.1) is 11.3 Å². The van der Waals surface area contributed by atoms with Gasteiger partial charge in [0.25, 0.3) is 0 Å². The molecule has 0 aliphatic carbocycles. The highest BCUT2D eigenvalue weighted by Crippen LogP contribution is 2.47. The topological polar surface area (TPSA) is 21.7 Å². The van der Waals surface area contributed by atoms with E-state index in [1.807, 2.05) is 13.0 Å². The Morgan fingerprint density at radius 2 is 2.32 bits per heavy atom. The van der Waals surface area contributed by atoms with Crippen molar-refractivity contribution in [3.8, 4) is 0 Å². The van der Waals surface area contributed by atoms with Crippen LogP contribution in [0.3, 0.4) is 0 Å². The number of thiophene rings is 1. The second-order valence-electron chi connectivity index (χ2n) is 7.14. The van der Waals surface area contributed by atoms with Gasteiger partial charge in [0.05, 0.1) is 6.61 Å². The van der Waals surface area contributed by atoms with Gasteiger partial charge < -0.3 is 14.4 Å². The standard InChI is InChI=1S/C19H29F2NO2S/c1-3-23-9-4-7-22-8-6-19(13-14(22)2)18-15(5-10-24-19)11-16(25-18)12-17(20)21/h11,14,17H,3-10,12-13H2,1-2H3/t14-,19+/m0/s1. The number of rotatable bonds is 7. The van der Waals surface area contributed by atoms with Gasteiger partial charge in [0.15, 0.2) is 0 Å². The Hall–Kier alpha value is -0.560. The minimum absolute atomic E-state index is 0.132. The first-order valence-electron chi connectivity index (χ1n) is 9.40. The molecule has 2 aliphatic heterocycles. The average molecular weight is 374 g/mol. The van der Waals surface area contributed by atoms with Crippen LogP contribution in [0.15, 0.2) is 6.07 Å². The molecule has 142 valence electrons. The SMILES string of the molecule is CCOCCCN1CC[C@]2(C[C@@H]1C)OCCc1cc(CC(F)F)sc12. The summed E-state index contributed by atoms with van der Waals surface area (Å²) in [4.78, 5) is 4.53. The number of hydrogen-bond donors (Lipinski definition) is 0. The molecular formula is C19H29F2NO2S. The van der Waals surface area contributed by atoms with Gasteiger partial charge in [-0.25, -0.2) is 8.78 Å². The summed E-state index contributed by atoms with van der Waals surface area (Å²) in [6.07, 6.45) is 1.39. The molecule has 0 amide bonds. The second kappa shape index (κ2) is 8.42. The number of alkyl halides is 2. The molecular weight excluding hydrogens is 344 g/mol. The van der Waals surface area contributed by atoms with Crippen LogP contribution in [-0.4, -0.2) is 50.3 Å². The normalized spacial score (nSPS) is 27.2. The van der Waals surface area contributed by atoms with Crippen LogP contribution in [-0.2, 0) is 27.9 Å². The van der Waals surface area contributed by atoms with Crippen molar-refractivity contribution >= 4 is 11.3 Å². The Morgan fingerprint density at radius 3 is 3.04 bits per heavy atom. The van der Waals surface area contributed by atoms with Crippen molar-refractivity contribution in [3.63, 3.8) is 0 Å². The van der Waals surface area contributed by atoms with Crippen molar-refractivity contribution in [1.29, 1.82) is 0 Å². The van der Waals surface area contributed by atoms with Crippen molar-refractivity contribution in [2.75, 3.05) is 32.9 Å². The Balaban J connectivity index is 1.67. The van der Waals surface area contributed by atoms with Crippen LogP contribution in [0.2, 0.25) is 0 Å². The van der Waals surface area contributed by atoms with E-state index < -0.39 is 6.43 Å². The molecule has 3 heterocycles. The summed E-state index contributed by atoms with van der Waals surface area (Å²) in [6.45, 7) is 8.61. The fraction of sp³-hybridized carbons (Fsp3) is 0.789. The lowest BCUT2D eigenvalue weighted by atomic mass is 9.82. The third-order valence-corrected chi connectivity index (χ3v) is 6.75. The fourth-order valence-corrected chi connectivity index (χ4v) is 5.56. The van der Waals surface area contributed by atoms with Crippen molar-refractivity contribution in [2.45, 2.75) is 64.0 Å². The van der Waals surface area contributed by atoms with E-state index in [9.17, 15) is 8.78 Å². The zero-order valence-corrected chi connectivity index (χ0v) is 16.0. The highest BCUT2D eigenvalue weighted by molar-refractivity contribution is 7.12. The van der Waals surface area contributed by atoms with Gasteiger partial charge in [-0.3, -0.25) is 0 Å². The predicted octanol–water partition coefficient (Wildman–Crippen LogP) is 4.23. The van der Waals surface area contributed by atoms with E-state index in [-0.39, 0.29) is 12.0 Å². The number of nitrogens with zero attached hydrogens (tertiary/aromatic N) is 1. The Bertz CT molecular complexity index is 566. The molecule has 6 heteroatoms. The van der Waals surface area contributed by atoms with Crippen LogP contribution in [0.4, 0.5) is 8.78 Å². The summed E-state index contributed by atoms with van der Waals surface area (Å²) >= 11 is 1.55. The number of fused-ring (bicyclic) bond motifs is 2. The third kappa shape index (κ3) is 4.41. The summed E-state index contributed by atoms with van der Waals surface area (Å²) in [5.74, 6) is 0. The largest absolute Gasteiger partial charge is 0.382 e. The monoisotopic (exact) mass is 373 g/mol. The summed E-state index contributed by atoms with van der Waals surface area (Å²) in [7, 11) is 0.